The molecule has 0 amide bonds. The topological polar surface area (TPSA) is 54.4 Å². The van der Waals surface area contributed by atoms with Crippen LogP contribution in [0.2, 0.25) is 0 Å². The quantitative estimate of drug-likeness (QED) is 0.480. The van der Waals surface area contributed by atoms with E-state index in [1.165, 1.54) is 0 Å². The lowest BCUT2D eigenvalue weighted by atomic mass is 10.0. The Bertz CT molecular complexity index is 187. The van der Waals surface area contributed by atoms with E-state index in [-0.39, 0.29) is 6.42 Å². The molecule has 1 unspecified atom stereocenters. The normalized spacial score (nSPS) is 12.5. The van der Waals surface area contributed by atoms with Gasteiger partial charge in [0.05, 0.1) is 0 Å². The molecule has 0 aliphatic heterocycles. The van der Waals surface area contributed by atoms with Gasteiger partial charge in [-0.05, 0) is 12.8 Å². The first-order valence-corrected chi connectivity index (χ1v) is 5.38. The Hall–Kier alpha value is -0.700. The Morgan fingerprint density at radius 2 is 1.79 bits per heavy atom. The summed E-state index contributed by atoms with van der Waals surface area (Å²) in [4.78, 5) is 22.3. The van der Waals surface area contributed by atoms with Gasteiger partial charge in [-0.2, -0.15) is 0 Å². The first-order chi connectivity index (χ1) is 6.63. The van der Waals surface area contributed by atoms with E-state index in [1.807, 2.05) is 0 Å². The third-order valence-electron chi connectivity index (χ3n) is 2.22. The zero-order valence-electron chi connectivity index (χ0n) is 9.08. The smallest absolute Gasteiger partial charge is 0.226 e. The molecule has 3 heteroatoms. The predicted octanol–water partition coefficient (Wildman–Crippen LogP) is 1.87. The van der Waals surface area contributed by atoms with E-state index in [0.29, 0.717) is 6.42 Å². The number of aliphatic hydroxyl groups is 1. The van der Waals surface area contributed by atoms with Crippen molar-refractivity contribution in [2.24, 2.45) is 0 Å². The summed E-state index contributed by atoms with van der Waals surface area (Å²) in [6, 6.07) is 0. The van der Waals surface area contributed by atoms with Gasteiger partial charge in [-0.25, -0.2) is 0 Å². The van der Waals surface area contributed by atoms with Gasteiger partial charge in [-0.3, -0.25) is 9.59 Å². The van der Waals surface area contributed by atoms with Gasteiger partial charge in [-0.15, -0.1) is 0 Å². The number of Topliss-reactive ketones (excluding diaryl/α,β-unsaturated/α-hetero) is 2. The summed E-state index contributed by atoms with van der Waals surface area (Å²) < 4.78 is 0. The maximum atomic E-state index is 11.2. The average molecular weight is 200 g/mol. The van der Waals surface area contributed by atoms with Crippen molar-refractivity contribution in [2.45, 2.75) is 58.5 Å². The van der Waals surface area contributed by atoms with Crippen LogP contribution in [0, 0.1) is 0 Å². The number of hydrogen-bond donors (Lipinski definition) is 1. The molecular weight excluding hydrogens is 180 g/mol. The lowest BCUT2D eigenvalue weighted by Crippen LogP contribution is -2.27. The van der Waals surface area contributed by atoms with Crippen molar-refractivity contribution in [1.82, 2.24) is 0 Å². The van der Waals surface area contributed by atoms with E-state index >= 15 is 0 Å². The Labute approximate surface area is 85.5 Å². The molecule has 0 fully saturated rings. The molecule has 0 aromatic rings. The third-order valence-corrected chi connectivity index (χ3v) is 2.22. The fourth-order valence-electron chi connectivity index (χ4n) is 1.21. The van der Waals surface area contributed by atoms with Gasteiger partial charge < -0.3 is 5.11 Å². The Morgan fingerprint density at radius 1 is 1.14 bits per heavy atom. The van der Waals surface area contributed by atoms with Gasteiger partial charge in [0.2, 0.25) is 11.6 Å². The molecule has 3 nitrogen and oxygen atoms in total. The van der Waals surface area contributed by atoms with Crippen molar-refractivity contribution in [2.75, 3.05) is 0 Å². The first kappa shape index (κ1) is 13.3. The van der Waals surface area contributed by atoms with Crippen molar-refractivity contribution in [3.8, 4) is 0 Å². The van der Waals surface area contributed by atoms with Gasteiger partial charge in [-0.1, -0.05) is 33.1 Å². The highest BCUT2D eigenvalue weighted by molar-refractivity contribution is 6.38. The minimum atomic E-state index is -1.09. The average Bonchev–Trinajstić information content (AvgIpc) is 2.21. The molecule has 0 aliphatic carbocycles. The number of hydrogen-bond acceptors (Lipinski definition) is 3. The van der Waals surface area contributed by atoms with Crippen molar-refractivity contribution >= 4 is 11.6 Å². The van der Waals surface area contributed by atoms with Crippen LogP contribution >= 0.6 is 0 Å². The molecule has 0 rings (SSSR count). The summed E-state index contributed by atoms with van der Waals surface area (Å²) in [5, 5.41) is 9.13. The van der Waals surface area contributed by atoms with Crippen molar-refractivity contribution in [3.05, 3.63) is 0 Å². The molecule has 14 heavy (non-hydrogen) atoms. The van der Waals surface area contributed by atoms with E-state index in [4.69, 9.17) is 5.11 Å². The maximum Gasteiger partial charge on any atom is 0.226 e. The minimum Gasteiger partial charge on any atom is -0.385 e. The Kier molecular flexibility index (Phi) is 7.30. The van der Waals surface area contributed by atoms with Crippen LogP contribution in [-0.4, -0.2) is 22.8 Å². The second-order valence-electron chi connectivity index (χ2n) is 3.52. The van der Waals surface area contributed by atoms with Crippen molar-refractivity contribution in [3.63, 3.8) is 0 Å². The van der Waals surface area contributed by atoms with Crippen LogP contribution < -0.4 is 0 Å². The summed E-state index contributed by atoms with van der Waals surface area (Å²) in [7, 11) is 0. The lowest BCUT2D eigenvalue weighted by molar-refractivity contribution is -0.141. The number of ketones is 2. The van der Waals surface area contributed by atoms with E-state index in [2.05, 4.69) is 6.92 Å². The van der Waals surface area contributed by atoms with Gasteiger partial charge in [0.15, 0.2) is 0 Å². The van der Waals surface area contributed by atoms with Gasteiger partial charge in [0.1, 0.15) is 6.10 Å². The van der Waals surface area contributed by atoms with E-state index in [1.54, 1.807) is 6.92 Å². The molecular formula is C11H20O3. The second-order valence-corrected chi connectivity index (χ2v) is 3.52. The van der Waals surface area contributed by atoms with E-state index in [9.17, 15) is 9.59 Å². The predicted molar refractivity (Wildman–Crippen MR) is 55.1 cm³/mol. The van der Waals surface area contributed by atoms with Gasteiger partial charge in [0, 0.05) is 6.42 Å². The largest absolute Gasteiger partial charge is 0.385 e. The highest BCUT2D eigenvalue weighted by Gasteiger charge is 2.20. The molecule has 0 spiro atoms. The standard InChI is InChI=1S/C11H20O3/c1-3-5-6-7-8-10(13)11(14)9(12)4-2/h9,12H,3-8H2,1-2H3. The molecule has 0 bridgehead atoms. The summed E-state index contributed by atoms with van der Waals surface area (Å²) in [5.41, 5.74) is 0. The zero-order chi connectivity index (χ0) is 11.0. The van der Waals surface area contributed by atoms with Crippen LogP contribution in [0.15, 0.2) is 0 Å². The SMILES string of the molecule is CCCCCCC(=O)C(=O)C(O)CC. The number of unbranched alkanes of at least 4 members (excludes halogenated alkanes) is 3. The molecule has 1 N–H and O–H groups in total. The zero-order valence-corrected chi connectivity index (χ0v) is 9.08. The second kappa shape index (κ2) is 7.68. The molecule has 0 radical (unpaired) electrons. The molecule has 0 saturated heterocycles. The molecule has 0 heterocycles. The molecule has 1 atom stereocenters. The third kappa shape index (κ3) is 5.12. The molecule has 0 aliphatic rings. The summed E-state index contributed by atoms with van der Waals surface area (Å²) in [6.45, 7) is 3.78. The number of carbonyl (C=O) groups is 2. The monoisotopic (exact) mass is 200 g/mol. The van der Waals surface area contributed by atoms with Crippen LogP contribution in [0.25, 0.3) is 0 Å². The number of aliphatic hydroxyl groups excluding tert-OH is 1. The summed E-state index contributed by atoms with van der Waals surface area (Å²) >= 11 is 0. The highest BCUT2D eigenvalue weighted by Crippen LogP contribution is 2.05. The van der Waals surface area contributed by atoms with Crippen LogP contribution in [0.3, 0.4) is 0 Å². The molecule has 0 aromatic heterocycles. The number of carbonyl (C=O) groups excluding carboxylic acids is 2. The molecule has 82 valence electrons. The summed E-state index contributed by atoms with van der Waals surface area (Å²) in [5.74, 6) is -1.04. The van der Waals surface area contributed by atoms with E-state index in [0.717, 1.165) is 25.7 Å². The van der Waals surface area contributed by atoms with Gasteiger partial charge in [0.25, 0.3) is 0 Å². The highest BCUT2D eigenvalue weighted by atomic mass is 16.3. The first-order valence-electron chi connectivity index (χ1n) is 5.38. The number of rotatable bonds is 8. The summed E-state index contributed by atoms with van der Waals surface area (Å²) in [6.07, 6.45) is 3.47. The van der Waals surface area contributed by atoms with Crippen molar-refractivity contribution < 1.29 is 14.7 Å². The van der Waals surface area contributed by atoms with Crippen LogP contribution in [0.1, 0.15) is 52.4 Å². The molecule has 0 aromatic carbocycles. The fraction of sp³-hybridized carbons (Fsp3) is 0.818. The van der Waals surface area contributed by atoms with Crippen LogP contribution in [0.4, 0.5) is 0 Å². The van der Waals surface area contributed by atoms with Gasteiger partial charge >= 0.3 is 0 Å². The minimum absolute atomic E-state index is 0.288. The fourth-order valence-corrected chi connectivity index (χ4v) is 1.21. The Morgan fingerprint density at radius 3 is 2.29 bits per heavy atom. The lowest BCUT2D eigenvalue weighted by Gasteiger charge is -2.04. The van der Waals surface area contributed by atoms with Crippen LogP contribution in [-0.2, 0) is 9.59 Å². The van der Waals surface area contributed by atoms with E-state index < -0.39 is 17.7 Å². The molecule has 0 saturated carbocycles. The van der Waals surface area contributed by atoms with Crippen LogP contribution in [0.5, 0.6) is 0 Å². The van der Waals surface area contributed by atoms with Crippen molar-refractivity contribution in [1.29, 1.82) is 0 Å². The Balaban J connectivity index is 3.68. The maximum absolute atomic E-state index is 11.2.